The van der Waals surface area contributed by atoms with Crippen LogP contribution < -0.4 is 5.56 Å². The Morgan fingerprint density at radius 3 is 2.31 bits per heavy atom. The molecule has 26 heavy (non-hydrogen) atoms. The summed E-state index contributed by atoms with van der Waals surface area (Å²) < 4.78 is 29.4. The molecule has 3 nitrogen and oxygen atoms in total. The minimum absolute atomic E-state index is 0.199. The van der Waals surface area contributed by atoms with Gasteiger partial charge in [-0.05, 0) is 37.0 Å². The molecule has 0 aliphatic heterocycles. The Bertz CT molecular complexity index is 1210. The van der Waals surface area contributed by atoms with Gasteiger partial charge >= 0.3 is 0 Å². The van der Waals surface area contributed by atoms with Gasteiger partial charge < -0.3 is 9.47 Å². The lowest BCUT2D eigenvalue weighted by Crippen LogP contribution is -2.27. The van der Waals surface area contributed by atoms with E-state index in [1.807, 2.05) is 55.4 Å². The Hall–Kier alpha value is -2.79. The number of likely N-dealkylation sites (N-methyl/N-ethyl adjacent to an activating group) is 1. The van der Waals surface area contributed by atoms with Gasteiger partial charge in [-0.3, -0.25) is 4.79 Å². The van der Waals surface area contributed by atoms with Gasteiger partial charge in [-0.1, -0.05) is 36.4 Å². The van der Waals surface area contributed by atoms with Crippen molar-refractivity contribution in [3.05, 3.63) is 70.5 Å². The Morgan fingerprint density at radius 2 is 1.58 bits per heavy atom. The minimum Gasteiger partial charge on any atom is -0.308 e. The molecule has 0 saturated heterocycles. The Labute approximate surface area is 149 Å². The van der Waals surface area contributed by atoms with Crippen molar-refractivity contribution in [1.29, 1.82) is 0 Å². The molecule has 1 heterocycles. The van der Waals surface area contributed by atoms with E-state index in [9.17, 15) is 13.6 Å². The van der Waals surface area contributed by atoms with Crippen LogP contribution in [-0.2, 0) is 6.54 Å². The Kier molecular flexibility index (Phi) is 3.96. The topological polar surface area (TPSA) is 25.2 Å². The first kappa shape index (κ1) is 16.7. The summed E-state index contributed by atoms with van der Waals surface area (Å²) >= 11 is 0. The normalized spacial score (nSPS) is 11.9. The van der Waals surface area contributed by atoms with Crippen LogP contribution in [-0.4, -0.2) is 30.1 Å². The Balaban J connectivity index is 2.22. The van der Waals surface area contributed by atoms with Crippen LogP contribution in [0.4, 0.5) is 8.78 Å². The molecule has 0 atom stereocenters. The number of nitrogens with zero attached hydrogens (tertiary/aromatic N) is 2. The highest BCUT2D eigenvalue weighted by atomic mass is 19.2. The third-order valence-corrected chi connectivity index (χ3v) is 4.77. The number of rotatable bonds is 3. The monoisotopic (exact) mass is 352 g/mol. The number of aromatic nitrogens is 1. The van der Waals surface area contributed by atoms with E-state index in [2.05, 4.69) is 0 Å². The van der Waals surface area contributed by atoms with Crippen molar-refractivity contribution in [2.45, 2.75) is 6.54 Å². The van der Waals surface area contributed by atoms with Crippen molar-refractivity contribution in [3.8, 4) is 0 Å². The number of benzene rings is 3. The molecule has 1 aromatic heterocycles. The van der Waals surface area contributed by atoms with Crippen molar-refractivity contribution in [3.63, 3.8) is 0 Å². The highest BCUT2D eigenvalue weighted by Gasteiger charge is 2.16. The van der Waals surface area contributed by atoms with E-state index >= 15 is 0 Å². The fourth-order valence-corrected chi connectivity index (χ4v) is 3.47. The summed E-state index contributed by atoms with van der Waals surface area (Å²) in [6, 6.07) is 13.7. The Morgan fingerprint density at radius 1 is 0.885 bits per heavy atom. The largest absolute Gasteiger partial charge is 0.308 e. The summed E-state index contributed by atoms with van der Waals surface area (Å²) in [6.07, 6.45) is 0. The van der Waals surface area contributed by atoms with Gasteiger partial charge in [-0.15, -0.1) is 0 Å². The first-order valence-electron chi connectivity index (χ1n) is 8.45. The molecule has 0 bridgehead atoms. The first-order valence-corrected chi connectivity index (χ1v) is 8.45. The minimum atomic E-state index is -1.01. The van der Waals surface area contributed by atoms with E-state index in [0.29, 0.717) is 18.5 Å². The van der Waals surface area contributed by atoms with E-state index in [1.54, 1.807) is 4.57 Å². The van der Waals surface area contributed by atoms with Crippen LogP contribution in [0, 0.1) is 11.6 Å². The molecule has 0 N–H and O–H groups in total. The van der Waals surface area contributed by atoms with Crippen LogP contribution in [0.15, 0.2) is 53.3 Å². The molecule has 3 aromatic carbocycles. The highest BCUT2D eigenvalue weighted by molar-refractivity contribution is 6.15. The number of fused-ring (bicyclic) bond motifs is 5. The van der Waals surface area contributed by atoms with Gasteiger partial charge in [0.1, 0.15) is 0 Å². The summed E-state index contributed by atoms with van der Waals surface area (Å²) in [4.78, 5) is 15.1. The molecule has 0 aliphatic rings. The van der Waals surface area contributed by atoms with Crippen molar-refractivity contribution >= 4 is 32.4 Å². The molecule has 0 radical (unpaired) electrons. The summed E-state index contributed by atoms with van der Waals surface area (Å²) in [5.41, 5.74) is 0.457. The summed E-state index contributed by atoms with van der Waals surface area (Å²) in [5, 5.41) is 3.31. The first-order chi connectivity index (χ1) is 12.5. The fraction of sp³-hybridized carbons (Fsp3) is 0.190. The molecular weight excluding hydrogens is 334 g/mol. The second-order valence-corrected chi connectivity index (χ2v) is 6.75. The van der Waals surface area contributed by atoms with Crippen LogP contribution >= 0.6 is 0 Å². The average Bonchev–Trinajstić information content (AvgIpc) is 2.62. The van der Waals surface area contributed by atoms with Gasteiger partial charge in [0.15, 0.2) is 11.6 Å². The van der Waals surface area contributed by atoms with E-state index < -0.39 is 11.6 Å². The van der Waals surface area contributed by atoms with Gasteiger partial charge in [0.25, 0.3) is 5.56 Å². The summed E-state index contributed by atoms with van der Waals surface area (Å²) in [5.74, 6) is -1.95. The lowest BCUT2D eigenvalue weighted by atomic mass is 10.0. The van der Waals surface area contributed by atoms with Crippen molar-refractivity contribution in [1.82, 2.24) is 9.47 Å². The molecule has 4 rings (SSSR count). The smallest absolute Gasteiger partial charge is 0.259 e. The number of hydrogen-bond donors (Lipinski definition) is 0. The van der Waals surface area contributed by atoms with Crippen LogP contribution in [0.5, 0.6) is 0 Å². The van der Waals surface area contributed by atoms with Crippen LogP contribution in [0.2, 0.25) is 0 Å². The third-order valence-electron chi connectivity index (χ3n) is 4.77. The van der Waals surface area contributed by atoms with Crippen molar-refractivity contribution < 1.29 is 8.78 Å². The predicted octanol–water partition coefficient (Wildman–Crippen LogP) is 4.15. The number of pyridine rings is 1. The van der Waals surface area contributed by atoms with E-state index in [1.165, 1.54) is 0 Å². The second-order valence-electron chi connectivity index (χ2n) is 6.75. The summed E-state index contributed by atoms with van der Waals surface area (Å²) in [6.45, 7) is 1.12. The number of hydrogen-bond acceptors (Lipinski definition) is 2. The highest BCUT2D eigenvalue weighted by Crippen LogP contribution is 2.30. The SMILES string of the molecule is CN(C)CCn1c(=O)c2cc(F)c(F)cc2c2ccc3ccccc3c21. The van der Waals surface area contributed by atoms with E-state index in [0.717, 1.165) is 33.8 Å². The molecular formula is C21H18F2N2O. The van der Waals surface area contributed by atoms with Gasteiger partial charge in [0, 0.05) is 23.9 Å². The average molecular weight is 352 g/mol. The van der Waals surface area contributed by atoms with E-state index in [-0.39, 0.29) is 10.9 Å². The van der Waals surface area contributed by atoms with Crippen LogP contribution in [0.25, 0.3) is 32.4 Å². The molecule has 0 unspecified atom stereocenters. The molecule has 4 aromatic rings. The zero-order valence-electron chi connectivity index (χ0n) is 14.6. The lowest BCUT2D eigenvalue weighted by molar-refractivity contribution is 0.385. The molecule has 0 amide bonds. The maximum Gasteiger partial charge on any atom is 0.259 e. The van der Waals surface area contributed by atoms with Gasteiger partial charge in [0.05, 0.1) is 10.9 Å². The molecule has 0 spiro atoms. The van der Waals surface area contributed by atoms with Crippen LogP contribution in [0.3, 0.4) is 0 Å². The van der Waals surface area contributed by atoms with Crippen molar-refractivity contribution in [2.24, 2.45) is 0 Å². The predicted molar refractivity (Wildman–Crippen MR) is 102 cm³/mol. The molecule has 0 fully saturated rings. The van der Waals surface area contributed by atoms with Gasteiger partial charge in [-0.25, -0.2) is 8.78 Å². The molecule has 0 saturated carbocycles. The molecule has 5 heteroatoms. The zero-order chi connectivity index (χ0) is 18.4. The fourth-order valence-electron chi connectivity index (χ4n) is 3.47. The van der Waals surface area contributed by atoms with Crippen molar-refractivity contribution in [2.75, 3.05) is 20.6 Å². The van der Waals surface area contributed by atoms with Crippen LogP contribution in [0.1, 0.15) is 0 Å². The summed E-state index contributed by atoms with van der Waals surface area (Å²) in [7, 11) is 3.86. The maximum atomic E-state index is 13.9. The molecule has 0 aliphatic carbocycles. The lowest BCUT2D eigenvalue weighted by Gasteiger charge is -2.17. The van der Waals surface area contributed by atoms with Gasteiger partial charge in [0.2, 0.25) is 0 Å². The zero-order valence-corrected chi connectivity index (χ0v) is 14.6. The quantitative estimate of drug-likeness (QED) is 0.518. The molecule has 132 valence electrons. The van der Waals surface area contributed by atoms with Gasteiger partial charge in [-0.2, -0.15) is 0 Å². The maximum absolute atomic E-state index is 13.9. The standard InChI is InChI=1S/C21H18F2N2O/c1-24(2)9-10-25-20-14-6-4-3-5-13(14)7-8-15(20)16-11-18(22)19(23)12-17(16)21(25)26/h3-8,11-12H,9-10H2,1-2H3. The third kappa shape index (κ3) is 2.56. The van der Waals surface area contributed by atoms with E-state index in [4.69, 9.17) is 0 Å². The number of halogens is 2. The second kappa shape index (κ2) is 6.18.